The summed E-state index contributed by atoms with van der Waals surface area (Å²) in [5.41, 5.74) is 1.46. The maximum absolute atomic E-state index is 13.6. The third kappa shape index (κ3) is 8.96. The van der Waals surface area contributed by atoms with Gasteiger partial charge in [0, 0.05) is 17.9 Å². The van der Waals surface area contributed by atoms with Gasteiger partial charge in [-0.2, -0.15) is 0 Å². The molecule has 1 saturated heterocycles. The van der Waals surface area contributed by atoms with Crippen LogP contribution < -0.4 is 14.4 Å². The molecular formula is C31H40BrN2O5S+. The number of benzene rings is 2. The number of methoxy groups -OCH3 is 1. The van der Waals surface area contributed by atoms with Gasteiger partial charge in [0.05, 0.1) is 18.6 Å². The fraction of sp³-hybridized carbons (Fsp3) is 0.419. The molecule has 0 saturated carbocycles. The number of quaternary nitrogens is 1. The molecule has 0 bridgehead atoms. The summed E-state index contributed by atoms with van der Waals surface area (Å²) in [7, 11) is -0.0757. The first kappa shape index (κ1) is 31.9. The largest absolute Gasteiger partial charge is 0.497 e. The van der Waals surface area contributed by atoms with Crippen LogP contribution in [-0.2, 0) is 25.3 Å². The average Bonchev–Trinajstić information content (AvgIpc) is 3.01. The number of nitrogens with one attached hydrogen (secondary N) is 2. The van der Waals surface area contributed by atoms with Crippen LogP contribution in [0.3, 0.4) is 0 Å². The van der Waals surface area contributed by atoms with Gasteiger partial charge < -0.3 is 14.4 Å². The summed E-state index contributed by atoms with van der Waals surface area (Å²) in [5.74, 6) is 2.36. The Bertz CT molecular complexity index is 1190. The highest BCUT2D eigenvalue weighted by Crippen LogP contribution is 2.23. The van der Waals surface area contributed by atoms with Gasteiger partial charge in [0.25, 0.3) is 0 Å². The molecule has 216 valence electrons. The zero-order valence-corrected chi connectivity index (χ0v) is 25.8. The third-order valence-corrected chi connectivity index (χ3v) is 8.42. The van der Waals surface area contributed by atoms with Crippen molar-refractivity contribution in [3.63, 3.8) is 0 Å². The molecule has 9 heteroatoms. The lowest BCUT2D eigenvalue weighted by atomic mass is 9.90. The summed E-state index contributed by atoms with van der Waals surface area (Å²) in [6.07, 6.45) is 9.30. The van der Waals surface area contributed by atoms with Crippen LogP contribution in [0.2, 0.25) is 0 Å². The number of piperidine rings is 1. The second kappa shape index (κ2) is 16.6. The number of ether oxygens (including phenoxy) is 2. The first-order chi connectivity index (χ1) is 19.5. The van der Waals surface area contributed by atoms with Crippen molar-refractivity contribution in [1.29, 1.82) is 0 Å². The number of carbonyl (C=O) groups is 2. The SMILES string of the molecule is CBr.CCC1CC[NH+](CC(=O)C2=CCCC=C2)C[C@@H]1OC(=O)C(NS(=O)c1ccc(OC)cc1)c1ccccc1. The molecule has 2 N–H and O–H groups in total. The second-order valence-corrected chi connectivity index (χ2v) is 11.0. The molecule has 0 radical (unpaired) electrons. The van der Waals surface area contributed by atoms with E-state index in [0.717, 1.165) is 42.7 Å². The van der Waals surface area contributed by atoms with E-state index < -0.39 is 23.0 Å². The monoisotopic (exact) mass is 631 g/mol. The lowest BCUT2D eigenvalue weighted by Crippen LogP contribution is -3.15. The summed E-state index contributed by atoms with van der Waals surface area (Å²) >= 11 is 2.94. The minimum Gasteiger partial charge on any atom is -0.497 e. The van der Waals surface area contributed by atoms with Crippen LogP contribution in [-0.4, -0.2) is 54.6 Å². The van der Waals surface area contributed by atoms with Gasteiger partial charge in [-0.25, -0.2) is 13.7 Å². The van der Waals surface area contributed by atoms with E-state index in [-0.39, 0.29) is 17.8 Å². The van der Waals surface area contributed by atoms with Crippen LogP contribution in [0.25, 0.3) is 0 Å². The van der Waals surface area contributed by atoms with E-state index in [1.54, 1.807) is 31.4 Å². The Morgan fingerprint density at radius 1 is 1.10 bits per heavy atom. The predicted octanol–water partition coefficient (Wildman–Crippen LogP) is 4.13. The van der Waals surface area contributed by atoms with Crippen molar-refractivity contribution in [3.8, 4) is 5.75 Å². The molecule has 4 rings (SSSR count). The normalized spacial score (nSPS) is 21.7. The molecule has 1 aliphatic heterocycles. The van der Waals surface area contributed by atoms with E-state index in [0.29, 0.717) is 29.3 Å². The van der Waals surface area contributed by atoms with E-state index in [4.69, 9.17) is 9.47 Å². The lowest BCUT2D eigenvalue weighted by molar-refractivity contribution is -0.901. The molecular weight excluding hydrogens is 592 g/mol. The molecule has 0 aromatic heterocycles. The smallest absolute Gasteiger partial charge is 0.329 e. The Kier molecular flexibility index (Phi) is 13.3. The van der Waals surface area contributed by atoms with Gasteiger partial charge in [0.15, 0.2) is 6.10 Å². The first-order valence-electron chi connectivity index (χ1n) is 13.7. The van der Waals surface area contributed by atoms with Crippen LogP contribution in [0.4, 0.5) is 0 Å². The van der Waals surface area contributed by atoms with E-state index in [1.165, 1.54) is 0 Å². The standard InChI is InChI=1S/C30H36N2O5S.CH3Br/c1-3-22-18-19-32(20-27(33)23-10-6-4-7-11-23)21-28(22)37-30(34)29(24-12-8-5-9-13-24)31-38(35)26-16-14-25(36-2)15-17-26;1-2/h5-6,8-17,22,28-29,31H,3-4,7,18-21H2,1-2H3;1H3/p+1/t22?,28-,29?,38?;/m0./s1. The van der Waals surface area contributed by atoms with Gasteiger partial charge in [0.2, 0.25) is 5.78 Å². The maximum Gasteiger partial charge on any atom is 0.329 e. The predicted molar refractivity (Wildman–Crippen MR) is 162 cm³/mol. The molecule has 1 heterocycles. The number of hydrogen-bond acceptors (Lipinski definition) is 5. The van der Waals surface area contributed by atoms with Crippen LogP contribution in [0.15, 0.2) is 83.3 Å². The van der Waals surface area contributed by atoms with Crippen molar-refractivity contribution in [2.24, 2.45) is 5.92 Å². The van der Waals surface area contributed by atoms with Crippen molar-refractivity contribution < 1.29 is 28.2 Å². The van der Waals surface area contributed by atoms with E-state index in [9.17, 15) is 13.8 Å². The van der Waals surface area contributed by atoms with Gasteiger partial charge in [-0.05, 0) is 54.9 Å². The highest BCUT2D eigenvalue weighted by molar-refractivity contribution is 9.08. The van der Waals surface area contributed by atoms with Gasteiger partial charge >= 0.3 is 5.97 Å². The highest BCUT2D eigenvalue weighted by Gasteiger charge is 2.37. The Balaban J connectivity index is 0.00000216. The van der Waals surface area contributed by atoms with Gasteiger partial charge in [-0.1, -0.05) is 71.4 Å². The number of esters is 1. The van der Waals surface area contributed by atoms with Gasteiger partial charge in [-0.15, -0.1) is 0 Å². The summed E-state index contributed by atoms with van der Waals surface area (Å²) in [6, 6.07) is 15.2. The molecule has 5 atom stereocenters. The average molecular weight is 633 g/mol. The molecule has 1 fully saturated rings. The number of halogens is 1. The van der Waals surface area contributed by atoms with Crippen LogP contribution >= 0.6 is 15.9 Å². The van der Waals surface area contributed by atoms with Crippen molar-refractivity contribution in [2.45, 2.75) is 49.6 Å². The number of rotatable bonds is 11. The molecule has 0 spiro atoms. The van der Waals surface area contributed by atoms with E-state index in [1.807, 2.05) is 54.4 Å². The molecule has 2 aromatic rings. The summed E-state index contributed by atoms with van der Waals surface area (Å²) in [4.78, 5) is 28.1. The van der Waals surface area contributed by atoms with Crippen molar-refractivity contribution in [2.75, 3.05) is 32.6 Å². The quantitative estimate of drug-likeness (QED) is 0.288. The first-order valence-corrected chi connectivity index (χ1v) is 16.4. The third-order valence-electron chi connectivity index (χ3n) is 7.27. The Morgan fingerprint density at radius 2 is 1.82 bits per heavy atom. The molecule has 2 aliphatic rings. The molecule has 2 aromatic carbocycles. The summed E-state index contributed by atoms with van der Waals surface area (Å²) in [6.45, 7) is 3.95. The van der Waals surface area contributed by atoms with Crippen LogP contribution in [0, 0.1) is 5.92 Å². The molecule has 4 unspecified atom stereocenters. The van der Waals surface area contributed by atoms with Gasteiger partial charge in [0.1, 0.15) is 35.9 Å². The number of likely N-dealkylation sites (tertiary alicyclic amines) is 1. The fourth-order valence-electron chi connectivity index (χ4n) is 5.03. The number of ketones is 1. The maximum atomic E-state index is 13.6. The number of alkyl halides is 1. The topological polar surface area (TPSA) is 86.1 Å². The zero-order valence-electron chi connectivity index (χ0n) is 23.4. The van der Waals surface area contributed by atoms with Crippen molar-refractivity contribution in [3.05, 3.63) is 84.0 Å². The van der Waals surface area contributed by atoms with E-state index >= 15 is 0 Å². The number of allylic oxidation sites excluding steroid dienone is 3. The lowest BCUT2D eigenvalue weighted by Gasteiger charge is -2.35. The molecule has 0 amide bonds. The fourth-order valence-corrected chi connectivity index (χ4v) is 6.00. The summed E-state index contributed by atoms with van der Waals surface area (Å²) < 4.78 is 27.5. The highest BCUT2D eigenvalue weighted by atomic mass is 79.9. The Hall–Kier alpha value is -2.59. The Labute approximate surface area is 248 Å². The van der Waals surface area contributed by atoms with Crippen molar-refractivity contribution >= 4 is 38.7 Å². The van der Waals surface area contributed by atoms with Crippen molar-refractivity contribution in [1.82, 2.24) is 4.72 Å². The number of carbonyl (C=O) groups excluding carboxylic acids is 2. The van der Waals surface area contributed by atoms with Crippen LogP contribution in [0.1, 0.15) is 44.2 Å². The molecule has 40 heavy (non-hydrogen) atoms. The minimum atomic E-state index is -1.65. The Morgan fingerprint density at radius 3 is 2.45 bits per heavy atom. The number of hydrogen-bond donors (Lipinski definition) is 2. The van der Waals surface area contributed by atoms with Crippen LogP contribution in [0.5, 0.6) is 5.75 Å². The number of Topliss-reactive ketones (excluding diaryl/α,β-unsaturated/α-hetero) is 1. The van der Waals surface area contributed by atoms with Gasteiger partial charge in [-0.3, -0.25) is 4.79 Å². The minimum absolute atomic E-state index is 0.134. The molecule has 7 nitrogen and oxygen atoms in total. The summed E-state index contributed by atoms with van der Waals surface area (Å²) in [5, 5.41) is 0. The molecule has 1 aliphatic carbocycles. The second-order valence-electron chi connectivity index (χ2n) is 9.78. The zero-order chi connectivity index (χ0) is 28.9. The van der Waals surface area contributed by atoms with E-state index in [2.05, 4.69) is 27.6 Å².